The Bertz CT molecular complexity index is 1150. The molecule has 0 aromatic heterocycles. The summed E-state index contributed by atoms with van der Waals surface area (Å²) in [6, 6.07) is 16.0. The topological polar surface area (TPSA) is 105 Å². The minimum absolute atomic E-state index is 0.0203. The summed E-state index contributed by atoms with van der Waals surface area (Å²) in [7, 11) is 1.35. The van der Waals surface area contributed by atoms with Gasteiger partial charge in [-0.15, -0.1) is 0 Å². The van der Waals surface area contributed by atoms with E-state index in [1.165, 1.54) is 23.1 Å². The Morgan fingerprint density at radius 1 is 1.06 bits per heavy atom. The summed E-state index contributed by atoms with van der Waals surface area (Å²) in [5, 5.41) is 12.3. The van der Waals surface area contributed by atoms with E-state index in [-0.39, 0.29) is 37.4 Å². The molecular formula is C27H28N2O6. The zero-order valence-electron chi connectivity index (χ0n) is 19.5. The number of aliphatic carboxylic acids is 1. The Morgan fingerprint density at radius 3 is 2.31 bits per heavy atom. The van der Waals surface area contributed by atoms with Crippen LogP contribution in [-0.2, 0) is 19.1 Å². The van der Waals surface area contributed by atoms with Gasteiger partial charge >= 0.3 is 12.1 Å². The van der Waals surface area contributed by atoms with E-state index in [0.29, 0.717) is 13.0 Å². The number of alkyl carbamates (subject to hydrolysis) is 1. The van der Waals surface area contributed by atoms with E-state index in [1.54, 1.807) is 12.2 Å². The number of rotatable bonds is 6. The van der Waals surface area contributed by atoms with Gasteiger partial charge in [-0.25, -0.2) is 9.59 Å². The van der Waals surface area contributed by atoms with Crippen molar-refractivity contribution < 1.29 is 29.0 Å². The molecule has 2 N–H and O–H groups in total. The lowest BCUT2D eigenvalue weighted by Crippen LogP contribution is -2.45. The second-order valence-electron chi connectivity index (χ2n) is 9.32. The zero-order valence-corrected chi connectivity index (χ0v) is 19.5. The van der Waals surface area contributed by atoms with Gasteiger partial charge in [0.25, 0.3) is 0 Å². The first-order valence-corrected chi connectivity index (χ1v) is 11.8. The lowest BCUT2D eigenvalue weighted by molar-refractivity contribution is -0.161. The Labute approximate surface area is 203 Å². The molecule has 0 radical (unpaired) electrons. The molecule has 1 fully saturated rings. The van der Waals surface area contributed by atoms with Gasteiger partial charge in [0, 0.05) is 26.0 Å². The van der Waals surface area contributed by atoms with Crippen molar-refractivity contribution in [3.05, 3.63) is 71.8 Å². The highest BCUT2D eigenvalue weighted by Crippen LogP contribution is 2.44. The van der Waals surface area contributed by atoms with E-state index in [9.17, 15) is 19.5 Å². The van der Waals surface area contributed by atoms with Crippen LogP contribution in [-0.4, -0.2) is 66.4 Å². The minimum atomic E-state index is -1.35. The van der Waals surface area contributed by atoms with Crippen LogP contribution in [0.2, 0.25) is 0 Å². The van der Waals surface area contributed by atoms with Crippen molar-refractivity contribution in [3.63, 3.8) is 0 Å². The second kappa shape index (κ2) is 9.19. The lowest BCUT2D eigenvalue weighted by Gasteiger charge is -2.24. The van der Waals surface area contributed by atoms with Crippen LogP contribution >= 0.6 is 0 Å². The predicted molar refractivity (Wildman–Crippen MR) is 128 cm³/mol. The summed E-state index contributed by atoms with van der Waals surface area (Å²) in [4.78, 5) is 38.6. The maximum Gasteiger partial charge on any atom is 0.407 e. The number of amides is 2. The minimum Gasteiger partial charge on any atom is -0.479 e. The predicted octanol–water partition coefficient (Wildman–Crippen LogP) is 3.17. The third-order valence-corrected chi connectivity index (χ3v) is 7.37. The molecule has 182 valence electrons. The van der Waals surface area contributed by atoms with Gasteiger partial charge in [-0.05, 0) is 28.7 Å². The Balaban J connectivity index is 1.15. The van der Waals surface area contributed by atoms with Crippen molar-refractivity contribution >= 4 is 18.0 Å². The average Bonchev–Trinajstić information content (AvgIpc) is 3.59. The highest BCUT2D eigenvalue weighted by molar-refractivity contribution is 5.85. The molecule has 1 heterocycles. The molecule has 0 spiro atoms. The fraction of sp³-hybridized carbons (Fsp3) is 0.370. The zero-order chi connectivity index (χ0) is 24.6. The number of carboxylic acid groups (broad SMARTS) is 1. The van der Waals surface area contributed by atoms with Gasteiger partial charge in [-0.1, -0.05) is 60.7 Å². The van der Waals surface area contributed by atoms with Crippen molar-refractivity contribution in [2.24, 2.45) is 5.92 Å². The first-order chi connectivity index (χ1) is 16.9. The molecule has 35 heavy (non-hydrogen) atoms. The van der Waals surface area contributed by atoms with E-state index in [1.807, 2.05) is 24.3 Å². The van der Waals surface area contributed by atoms with Gasteiger partial charge in [0.1, 0.15) is 6.61 Å². The molecule has 3 unspecified atom stereocenters. The molecule has 8 heteroatoms. The van der Waals surface area contributed by atoms with E-state index in [2.05, 4.69) is 29.6 Å². The second-order valence-corrected chi connectivity index (χ2v) is 9.32. The number of carboxylic acids is 1. The Hall–Kier alpha value is -3.65. The van der Waals surface area contributed by atoms with Crippen LogP contribution in [0.4, 0.5) is 4.79 Å². The van der Waals surface area contributed by atoms with Crippen molar-refractivity contribution in [2.45, 2.75) is 30.4 Å². The van der Waals surface area contributed by atoms with Crippen molar-refractivity contribution in [2.75, 3.05) is 26.8 Å². The molecule has 2 aliphatic carbocycles. The van der Waals surface area contributed by atoms with Gasteiger partial charge < -0.3 is 24.8 Å². The van der Waals surface area contributed by atoms with E-state index < -0.39 is 23.6 Å². The number of carbonyl (C=O) groups excluding carboxylic acids is 2. The normalized spacial score (nSPS) is 24.8. The summed E-state index contributed by atoms with van der Waals surface area (Å²) >= 11 is 0. The number of hydrogen-bond donors (Lipinski definition) is 2. The van der Waals surface area contributed by atoms with Crippen molar-refractivity contribution in [1.82, 2.24) is 10.2 Å². The molecule has 3 atom stereocenters. The molecule has 0 saturated carbocycles. The molecule has 2 amide bonds. The Morgan fingerprint density at radius 2 is 1.71 bits per heavy atom. The molecule has 0 bridgehead atoms. The van der Waals surface area contributed by atoms with Crippen LogP contribution in [0.25, 0.3) is 11.1 Å². The first-order valence-electron chi connectivity index (χ1n) is 11.8. The number of benzene rings is 2. The average molecular weight is 477 g/mol. The summed E-state index contributed by atoms with van der Waals surface area (Å²) in [6.07, 6.45) is 3.69. The summed E-state index contributed by atoms with van der Waals surface area (Å²) in [6.45, 7) is 0.570. The largest absolute Gasteiger partial charge is 0.479 e. The van der Waals surface area contributed by atoms with Crippen LogP contribution in [0.1, 0.15) is 29.9 Å². The maximum absolute atomic E-state index is 12.9. The molecule has 1 saturated heterocycles. The molecular weight excluding hydrogens is 448 g/mol. The third kappa shape index (κ3) is 4.18. The van der Waals surface area contributed by atoms with Crippen LogP contribution < -0.4 is 5.32 Å². The van der Waals surface area contributed by atoms with E-state index in [4.69, 9.17) is 9.47 Å². The van der Waals surface area contributed by atoms with Crippen LogP contribution in [0.5, 0.6) is 0 Å². The van der Waals surface area contributed by atoms with E-state index >= 15 is 0 Å². The number of fused-ring (bicyclic) bond motifs is 3. The van der Waals surface area contributed by atoms with Gasteiger partial charge in [0.05, 0.1) is 18.5 Å². The lowest BCUT2D eigenvalue weighted by atomic mass is 9.98. The smallest absolute Gasteiger partial charge is 0.407 e. The highest BCUT2D eigenvalue weighted by atomic mass is 16.5. The van der Waals surface area contributed by atoms with E-state index in [0.717, 1.165) is 11.1 Å². The van der Waals surface area contributed by atoms with Gasteiger partial charge in [0.2, 0.25) is 5.91 Å². The van der Waals surface area contributed by atoms with Crippen LogP contribution in [0, 0.1) is 5.92 Å². The molecule has 1 aliphatic heterocycles. The summed E-state index contributed by atoms with van der Waals surface area (Å²) in [5.41, 5.74) is 3.27. The number of likely N-dealkylation sites (tertiary alicyclic amines) is 1. The van der Waals surface area contributed by atoms with Gasteiger partial charge in [-0.3, -0.25) is 4.79 Å². The number of hydrogen-bond acceptors (Lipinski definition) is 5. The molecule has 3 aliphatic rings. The molecule has 8 nitrogen and oxygen atoms in total. The summed E-state index contributed by atoms with van der Waals surface area (Å²) < 4.78 is 10.8. The fourth-order valence-corrected chi connectivity index (χ4v) is 5.41. The van der Waals surface area contributed by atoms with Crippen molar-refractivity contribution in [3.8, 4) is 11.1 Å². The van der Waals surface area contributed by atoms with Gasteiger partial charge in [0.15, 0.2) is 5.60 Å². The maximum atomic E-state index is 12.9. The first kappa shape index (κ1) is 23.1. The fourth-order valence-electron chi connectivity index (χ4n) is 5.41. The number of carbonyl (C=O) groups is 3. The number of methoxy groups -OCH3 is 1. The van der Waals surface area contributed by atoms with Crippen molar-refractivity contribution in [1.29, 1.82) is 0 Å². The SMILES string of the molecule is COC1(C(=O)O)CCN(C(=O)C2C=CC(NC(=O)OCC3c4ccccc4-c4ccccc43)C2)C1. The van der Waals surface area contributed by atoms with Gasteiger partial charge in [-0.2, -0.15) is 0 Å². The summed E-state index contributed by atoms with van der Waals surface area (Å²) in [5.74, 6) is -1.66. The molecule has 2 aromatic carbocycles. The Kier molecular flexibility index (Phi) is 6.06. The third-order valence-electron chi connectivity index (χ3n) is 7.37. The monoisotopic (exact) mass is 476 g/mol. The number of ether oxygens (including phenoxy) is 2. The standard InChI is InChI=1S/C27H28N2O6/c1-34-27(25(31)32)12-13-29(16-27)24(30)17-10-11-18(14-17)28-26(33)35-15-23-21-8-4-2-6-19(21)20-7-3-5-9-22(20)23/h2-11,17-18,23H,12-16H2,1H3,(H,28,33)(H,31,32). The molecule has 5 rings (SSSR count). The van der Waals surface area contributed by atoms with Crippen LogP contribution in [0.3, 0.4) is 0 Å². The number of nitrogens with zero attached hydrogens (tertiary/aromatic N) is 1. The number of nitrogens with one attached hydrogen (secondary N) is 1. The quantitative estimate of drug-likeness (QED) is 0.621. The van der Waals surface area contributed by atoms with Crippen LogP contribution in [0.15, 0.2) is 60.7 Å². The highest BCUT2D eigenvalue weighted by Gasteiger charge is 2.47. The molecule has 2 aromatic rings.